The van der Waals surface area contributed by atoms with Crippen LogP contribution in [-0.4, -0.2) is 9.38 Å². The Morgan fingerprint density at radius 3 is 2.12 bits per heavy atom. The molecule has 0 aliphatic rings. The lowest BCUT2D eigenvalue weighted by atomic mass is 9.94. The van der Waals surface area contributed by atoms with Crippen molar-refractivity contribution in [3.05, 3.63) is 149 Å². The van der Waals surface area contributed by atoms with Crippen LogP contribution in [0.5, 0.6) is 0 Å². The van der Waals surface area contributed by atoms with Crippen LogP contribution >= 0.6 is 11.6 Å². The molecule has 0 radical (unpaired) electrons. The van der Waals surface area contributed by atoms with Crippen molar-refractivity contribution in [1.82, 2.24) is 9.38 Å². The molecule has 2 heterocycles. The van der Waals surface area contributed by atoms with Crippen LogP contribution in [0.1, 0.15) is 5.56 Å². The van der Waals surface area contributed by atoms with Crippen LogP contribution in [0.25, 0.3) is 66.1 Å². The second kappa shape index (κ2) is 9.33. The van der Waals surface area contributed by atoms with Gasteiger partial charge in [0.25, 0.3) is 5.56 Å². The van der Waals surface area contributed by atoms with Crippen molar-refractivity contribution in [1.29, 1.82) is 0 Å². The third-order valence-electron chi connectivity index (χ3n) is 7.56. The highest BCUT2D eigenvalue weighted by atomic mass is 35.5. The first-order valence-electron chi connectivity index (χ1n) is 13.0. The fourth-order valence-corrected chi connectivity index (χ4v) is 6.06. The van der Waals surface area contributed by atoms with Gasteiger partial charge in [0.2, 0.25) is 0 Å². The Kier molecular flexibility index (Phi) is 5.62. The third-order valence-corrected chi connectivity index (χ3v) is 7.87. The van der Waals surface area contributed by atoms with Crippen molar-refractivity contribution in [3.63, 3.8) is 0 Å². The van der Waals surface area contributed by atoms with Gasteiger partial charge in [0, 0.05) is 32.1 Å². The number of pyridine rings is 1. The van der Waals surface area contributed by atoms with Crippen molar-refractivity contribution in [2.24, 2.45) is 0 Å². The quantitative estimate of drug-likeness (QED) is 0.206. The van der Waals surface area contributed by atoms with E-state index < -0.39 is 0 Å². The first-order chi connectivity index (χ1) is 19.6. The first-order valence-corrected chi connectivity index (χ1v) is 13.4. The molecule has 4 heteroatoms. The molecule has 0 unspecified atom stereocenters. The number of hydrogen-bond acceptors (Lipinski definition) is 2. The van der Waals surface area contributed by atoms with E-state index >= 15 is 0 Å². The average Bonchev–Trinajstić information content (AvgIpc) is 3.39. The van der Waals surface area contributed by atoms with Gasteiger partial charge in [0.1, 0.15) is 5.65 Å². The zero-order valence-electron chi connectivity index (χ0n) is 21.6. The molecule has 5 aromatic carbocycles. The van der Waals surface area contributed by atoms with Gasteiger partial charge < -0.3 is 0 Å². The highest BCUT2D eigenvalue weighted by molar-refractivity contribution is 6.39. The van der Waals surface area contributed by atoms with Gasteiger partial charge in [0.05, 0.1) is 11.0 Å². The fourth-order valence-electron chi connectivity index (χ4n) is 5.80. The van der Waals surface area contributed by atoms with E-state index in [2.05, 4.69) is 43.5 Å². The normalized spacial score (nSPS) is 12.1. The summed E-state index contributed by atoms with van der Waals surface area (Å²) in [6, 6.07) is 32.1. The molecule has 7 aromatic rings. The maximum absolute atomic E-state index is 14.3. The van der Waals surface area contributed by atoms with Gasteiger partial charge in [0.15, 0.2) is 0 Å². The van der Waals surface area contributed by atoms with Gasteiger partial charge in [-0.2, -0.15) is 0 Å². The third kappa shape index (κ3) is 3.52. The molecule has 0 saturated carbocycles. The van der Waals surface area contributed by atoms with Crippen molar-refractivity contribution >= 4 is 55.4 Å². The minimum atomic E-state index is -0.118. The highest BCUT2D eigenvalue weighted by Gasteiger charge is 2.22. The van der Waals surface area contributed by atoms with E-state index in [9.17, 15) is 4.79 Å². The molecule has 0 N–H and O–H groups in total. The molecule has 0 amide bonds. The fraction of sp³-hybridized carbons (Fsp3) is 0. The number of hydrogen-bond donors (Lipinski definition) is 0. The molecule has 0 saturated heterocycles. The summed E-state index contributed by atoms with van der Waals surface area (Å²) in [5.41, 5.74) is 7.83. The van der Waals surface area contributed by atoms with Crippen LogP contribution in [0.2, 0.25) is 5.02 Å². The average molecular weight is 535 g/mol. The summed E-state index contributed by atoms with van der Waals surface area (Å²) in [5, 5.41) is 3.80. The molecule has 0 aliphatic carbocycles. The van der Waals surface area contributed by atoms with Gasteiger partial charge >= 0.3 is 0 Å². The van der Waals surface area contributed by atoms with Crippen molar-refractivity contribution in [2.75, 3.05) is 0 Å². The molecule has 0 spiro atoms. The molecule has 190 valence electrons. The second-order valence-electron chi connectivity index (χ2n) is 9.77. The van der Waals surface area contributed by atoms with Gasteiger partial charge in [-0.25, -0.2) is 4.98 Å². The van der Waals surface area contributed by atoms with Crippen molar-refractivity contribution in [3.8, 4) is 22.3 Å². The smallest absolute Gasteiger partial charge is 0.264 e. The Labute approximate surface area is 236 Å². The van der Waals surface area contributed by atoms with Crippen molar-refractivity contribution in [2.45, 2.75) is 0 Å². The Hall–Kier alpha value is -4.99. The maximum Gasteiger partial charge on any atom is 0.264 e. The number of imidazole rings is 1. The summed E-state index contributed by atoms with van der Waals surface area (Å²) in [6.45, 7) is 7.86. The Morgan fingerprint density at radius 1 is 0.775 bits per heavy atom. The number of aromatic nitrogens is 2. The summed E-state index contributed by atoms with van der Waals surface area (Å²) in [7, 11) is 0. The number of halogens is 1. The zero-order valence-corrected chi connectivity index (χ0v) is 22.3. The van der Waals surface area contributed by atoms with Gasteiger partial charge in [-0.1, -0.05) is 110 Å². The van der Waals surface area contributed by atoms with Gasteiger partial charge in [-0.05, 0) is 58.2 Å². The number of benzene rings is 5. The number of fused-ring (bicyclic) bond motifs is 4. The molecular formula is C36H23ClN2O. The van der Waals surface area contributed by atoms with Crippen LogP contribution < -0.4 is 5.56 Å². The standard InChI is InChI=1S/C36H23ClN2O/c1-3-11-22(4-2)25-20-29(24-14-9-6-10-15-24)34-31(21-25)38-35-27-18-19-30(37)33-26(23-12-7-5-8-13-23)16-17-28(32(27)33)36(40)39(34)35/h3-21H,1-2H2. The minimum absolute atomic E-state index is 0.118. The number of rotatable bonds is 5. The predicted octanol–water partition coefficient (Wildman–Crippen LogP) is 9.33. The number of nitrogens with zero attached hydrogens (tertiary/aromatic N) is 2. The van der Waals surface area contributed by atoms with Crippen LogP contribution in [0.15, 0.2) is 133 Å². The maximum atomic E-state index is 14.3. The molecule has 0 aliphatic heterocycles. The van der Waals surface area contributed by atoms with Crippen LogP contribution in [0, 0.1) is 0 Å². The van der Waals surface area contributed by atoms with E-state index in [-0.39, 0.29) is 5.56 Å². The second-order valence-corrected chi connectivity index (χ2v) is 10.2. The van der Waals surface area contributed by atoms with E-state index in [1.807, 2.05) is 78.9 Å². The lowest BCUT2D eigenvalue weighted by molar-refractivity contribution is 1.19. The first kappa shape index (κ1) is 24.1. The topological polar surface area (TPSA) is 34.4 Å². The predicted molar refractivity (Wildman–Crippen MR) is 169 cm³/mol. The molecule has 3 nitrogen and oxygen atoms in total. The molecule has 0 atom stereocenters. The van der Waals surface area contributed by atoms with E-state index in [4.69, 9.17) is 16.6 Å². The van der Waals surface area contributed by atoms with Gasteiger partial charge in [-0.3, -0.25) is 9.20 Å². The molecule has 0 fully saturated rings. The Bertz CT molecular complexity index is 2210. The summed E-state index contributed by atoms with van der Waals surface area (Å²) >= 11 is 6.83. The summed E-state index contributed by atoms with van der Waals surface area (Å²) in [6.07, 6.45) is 5.48. The SMILES string of the molecule is C=CC=C(C=C)c1cc(-c2ccccc2)c2c(c1)nc1c3ccc(Cl)c4c(-c5ccccc5)ccc(c(=O)n12)c43. The van der Waals surface area contributed by atoms with Crippen molar-refractivity contribution < 1.29 is 0 Å². The minimum Gasteiger partial charge on any atom is -0.268 e. The van der Waals surface area contributed by atoms with E-state index in [1.54, 1.807) is 10.5 Å². The molecule has 2 aromatic heterocycles. The molecular weight excluding hydrogens is 512 g/mol. The highest BCUT2D eigenvalue weighted by Crippen LogP contribution is 2.41. The van der Waals surface area contributed by atoms with Crippen LogP contribution in [-0.2, 0) is 0 Å². The summed E-state index contributed by atoms with van der Waals surface area (Å²) in [5.74, 6) is 0. The van der Waals surface area contributed by atoms with Crippen LogP contribution in [0.4, 0.5) is 0 Å². The van der Waals surface area contributed by atoms with Crippen LogP contribution in [0.3, 0.4) is 0 Å². The van der Waals surface area contributed by atoms with E-state index in [0.29, 0.717) is 16.1 Å². The van der Waals surface area contributed by atoms with E-state index in [1.165, 1.54) is 0 Å². The molecule has 7 rings (SSSR count). The Morgan fingerprint density at radius 2 is 1.45 bits per heavy atom. The summed E-state index contributed by atoms with van der Waals surface area (Å²) in [4.78, 5) is 19.4. The number of allylic oxidation sites excluding steroid dienone is 4. The largest absolute Gasteiger partial charge is 0.268 e. The monoisotopic (exact) mass is 534 g/mol. The lowest BCUT2D eigenvalue weighted by Crippen LogP contribution is -2.14. The Balaban J connectivity index is 1.68. The summed E-state index contributed by atoms with van der Waals surface area (Å²) < 4.78 is 1.76. The molecule has 0 bridgehead atoms. The lowest BCUT2D eigenvalue weighted by Gasteiger charge is -2.14. The molecule has 40 heavy (non-hydrogen) atoms. The van der Waals surface area contributed by atoms with E-state index in [0.717, 1.165) is 60.6 Å². The zero-order chi connectivity index (χ0) is 27.4. The van der Waals surface area contributed by atoms with Gasteiger partial charge in [-0.15, -0.1) is 0 Å².